The van der Waals surface area contributed by atoms with Crippen LogP contribution in [0.25, 0.3) is 10.9 Å². The summed E-state index contributed by atoms with van der Waals surface area (Å²) >= 11 is 0. The molecule has 2 heterocycles. The van der Waals surface area contributed by atoms with Crippen LogP contribution in [-0.2, 0) is 0 Å². The third kappa shape index (κ3) is 2.50. The second kappa shape index (κ2) is 5.41. The van der Waals surface area contributed by atoms with Gasteiger partial charge in [-0.3, -0.25) is 4.98 Å². The van der Waals surface area contributed by atoms with Crippen molar-refractivity contribution in [2.24, 2.45) is 5.92 Å². The fraction of sp³-hybridized carbons (Fsp3) is 0.471. The Balaban J connectivity index is 1.91. The van der Waals surface area contributed by atoms with Gasteiger partial charge in [-0.15, -0.1) is 0 Å². The summed E-state index contributed by atoms with van der Waals surface area (Å²) in [7, 11) is 0. The molecule has 0 aliphatic carbocycles. The molecule has 3 rings (SSSR count). The van der Waals surface area contributed by atoms with Crippen molar-refractivity contribution in [1.82, 2.24) is 10.3 Å². The van der Waals surface area contributed by atoms with E-state index in [1.165, 1.54) is 11.1 Å². The normalized spacial score (nSPS) is 23.5. The number of hydrogen-bond donors (Lipinski definition) is 1. The highest BCUT2D eigenvalue weighted by molar-refractivity contribution is 5.81. The summed E-state index contributed by atoms with van der Waals surface area (Å²) < 4.78 is 0. The zero-order valence-corrected chi connectivity index (χ0v) is 12.5. The molecule has 1 aromatic carbocycles. The van der Waals surface area contributed by atoms with Gasteiger partial charge in [0.1, 0.15) is 0 Å². The average molecular weight is 269 g/mol. The molecule has 106 valence electrons. The number of benzene rings is 1. The number of aromatic nitrogens is 1. The topological polar surface area (TPSA) is 28.2 Å². The second-order valence-corrected chi connectivity index (χ2v) is 6.15. The van der Waals surface area contributed by atoms with Crippen molar-refractivity contribution >= 4 is 16.6 Å². The van der Waals surface area contributed by atoms with E-state index in [0.29, 0.717) is 18.0 Å². The minimum Gasteiger partial charge on any atom is -0.365 e. The third-order valence-electron chi connectivity index (χ3n) is 4.31. The maximum atomic E-state index is 4.60. The minimum absolute atomic E-state index is 0.507. The van der Waals surface area contributed by atoms with Gasteiger partial charge in [0.2, 0.25) is 0 Å². The van der Waals surface area contributed by atoms with Gasteiger partial charge in [-0.1, -0.05) is 32.0 Å². The zero-order valence-electron chi connectivity index (χ0n) is 12.5. The smallest absolute Gasteiger partial charge is 0.0703 e. The van der Waals surface area contributed by atoms with Crippen LogP contribution in [0, 0.1) is 5.92 Å². The van der Waals surface area contributed by atoms with Crippen molar-refractivity contribution in [1.29, 1.82) is 0 Å². The number of fused-ring (bicyclic) bond motifs is 1. The van der Waals surface area contributed by atoms with Crippen LogP contribution in [0.4, 0.5) is 5.69 Å². The van der Waals surface area contributed by atoms with Crippen LogP contribution >= 0.6 is 0 Å². The molecule has 3 heteroatoms. The Morgan fingerprint density at radius 1 is 1.30 bits per heavy atom. The third-order valence-corrected chi connectivity index (χ3v) is 4.31. The van der Waals surface area contributed by atoms with E-state index in [0.717, 1.165) is 18.6 Å². The van der Waals surface area contributed by atoms with Gasteiger partial charge < -0.3 is 10.2 Å². The molecule has 0 saturated carbocycles. The Hall–Kier alpha value is -1.61. The monoisotopic (exact) mass is 269 g/mol. The molecule has 1 aliphatic heterocycles. The molecule has 2 unspecified atom stereocenters. The van der Waals surface area contributed by atoms with Gasteiger partial charge in [0.25, 0.3) is 0 Å². The Bertz CT molecular complexity index is 594. The van der Waals surface area contributed by atoms with E-state index < -0.39 is 0 Å². The molecule has 20 heavy (non-hydrogen) atoms. The predicted molar refractivity (Wildman–Crippen MR) is 85.2 cm³/mol. The predicted octanol–water partition coefficient (Wildman–Crippen LogP) is 3.06. The minimum atomic E-state index is 0.507. The summed E-state index contributed by atoms with van der Waals surface area (Å²) in [6.07, 6.45) is 2.02. The van der Waals surface area contributed by atoms with E-state index in [1.54, 1.807) is 0 Å². The lowest BCUT2D eigenvalue weighted by atomic mass is 9.99. The van der Waals surface area contributed by atoms with Gasteiger partial charge >= 0.3 is 0 Å². The molecule has 1 N–H and O–H groups in total. The van der Waals surface area contributed by atoms with Crippen LogP contribution in [0.3, 0.4) is 0 Å². The van der Waals surface area contributed by atoms with E-state index in [9.17, 15) is 0 Å². The lowest BCUT2D eigenvalue weighted by Gasteiger charge is -2.41. The van der Waals surface area contributed by atoms with E-state index in [4.69, 9.17) is 0 Å². The molecule has 1 saturated heterocycles. The standard InChI is InChI=1S/C17H23N3/c1-12(2)17-11-20(13(3)9-18-17)15-8-14-6-4-5-7-16(14)19-10-15/h4-8,10,12-13,17-18H,9,11H2,1-3H3. The number of piperazine rings is 1. The fourth-order valence-electron chi connectivity index (χ4n) is 2.91. The van der Waals surface area contributed by atoms with E-state index >= 15 is 0 Å². The summed E-state index contributed by atoms with van der Waals surface area (Å²) in [5.74, 6) is 0.651. The molecule has 3 nitrogen and oxygen atoms in total. The van der Waals surface area contributed by atoms with Gasteiger partial charge in [0, 0.05) is 30.6 Å². The Labute approximate surface area is 121 Å². The quantitative estimate of drug-likeness (QED) is 0.908. The lowest BCUT2D eigenvalue weighted by molar-refractivity contribution is 0.337. The second-order valence-electron chi connectivity index (χ2n) is 6.15. The molecule has 0 radical (unpaired) electrons. The van der Waals surface area contributed by atoms with Crippen molar-refractivity contribution in [2.45, 2.75) is 32.9 Å². The molecule has 2 atom stereocenters. The lowest BCUT2D eigenvalue weighted by Crippen LogP contribution is -2.57. The molecule has 1 aliphatic rings. The molecular formula is C17H23N3. The highest BCUT2D eigenvalue weighted by atomic mass is 15.2. The first-order valence-electron chi connectivity index (χ1n) is 7.50. The van der Waals surface area contributed by atoms with E-state index in [2.05, 4.69) is 60.2 Å². The number of anilines is 1. The Morgan fingerprint density at radius 2 is 2.10 bits per heavy atom. The van der Waals surface area contributed by atoms with Crippen LogP contribution < -0.4 is 10.2 Å². The molecule has 0 amide bonds. The summed E-state index contributed by atoms with van der Waals surface area (Å²) in [5.41, 5.74) is 2.31. The largest absolute Gasteiger partial charge is 0.365 e. The molecule has 0 bridgehead atoms. The number of rotatable bonds is 2. The van der Waals surface area contributed by atoms with Gasteiger partial charge in [-0.25, -0.2) is 0 Å². The van der Waals surface area contributed by atoms with Crippen molar-refractivity contribution in [2.75, 3.05) is 18.0 Å². The SMILES string of the molecule is CC(C)C1CN(c2cnc3ccccc3c2)C(C)CN1. The first kappa shape index (κ1) is 13.4. The van der Waals surface area contributed by atoms with Crippen LogP contribution in [0.15, 0.2) is 36.5 Å². The van der Waals surface area contributed by atoms with Gasteiger partial charge in [0.15, 0.2) is 0 Å². The maximum absolute atomic E-state index is 4.60. The maximum Gasteiger partial charge on any atom is 0.0703 e. The van der Waals surface area contributed by atoms with Gasteiger partial charge in [-0.2, -0.15) is 0 Å². The van der Waals surface area contributed by atoms with Crippen LogP contribution in [-0.4, -0.2) is 30.2 Å². The van der Waals surface area contributed by atoms with E-state index in [1.807, 2.05) is 12.3 Å². The zero-order chi connectivity index (χ0) is 14.1. The summed E-state index contributed by atoms with van der Waals surface area (Å²) in [6.45, 7) is 8.93. The fourth-order valence-corrected chi connectivity index (χ4v) is 2.91. The highest BCUT2D eigenvalue weighted by Crippen LogP contribution is 2.24. The van der Waals surface area contributed by atoms with Crippen molar-refractivity contribution < 1.29 is 0 Å². The first-order chi connectivity index (χ1) is 9.65. The molecule has 1 aromatic heterocycles. The van der Waals surface area contributed by atoms with Crippen LogP contribution in [0.1, 0.15) is 20.8 Å². The summed E-state index contributed by atoms with van der Waals surface area (Å²) in [4.78, 5) is 7.09. The van der Waals surface area contributed by atoms with Gasteiger partial charge in [-0.05, 0) is 25.0 Å². The van der Waals surface area contributed by atoms with Crippen molar-refractivity contribution in [3.63, 3.8) is 0 Å². The number of nitrogens with zero attached hydrogens (tertiary/aromatic N) is 2. The van der Waals surface area contributed by atoms with Crippen molar-refractivity contribution in [3.05, 3.63) is 36.5 Å². The number of hydrogen-bond acceptors (Lipinski definition) is 3. The Kier molecular flexibility index (Phi) is 3.62. The van der Waals surface area contributed by atoms with Crippen LogP contribution in [0.5, 0.6) is 0 Å². The summed E-state index contributed by atoms with van der Waals surface area (Å²) in [5, 5.41) is 4.86. The highest BCUT2D eigenvalue weighted by Gasteiger charge is 2.27. The summed E-state index contributed by atoms with van der Waals surface area (Å²) in [6, 6.07) is 11.6. The van der Waals surface area contributed by atoms with Gasteiger partial charge in [0.05, 0.1) is 17.4 Å². The molecule has 0 spiro atoms. The first-order valence-corrected chi connectivity index (χ1v) is 7.50. The van der Waals surface area contributed by atoms with Crippen molar-refractivity contribution in [3.8, 4) is 0 Å². The number of nitrogens with one attached hydrogen (secondary N) is 1. The molecular weight excluding hydrogens is 246 g/mol. The average Bonchev–Trinajstić information content (AvgIpc) is 2.47. The Morgan fingerprint density at radius 3 is 2.90 bits per heavy atom. The number of para-hydroxylation sites is 1. The molecule has 2 aromatic rings. The van der Waals surface area contributed by atoms with Crippen LogP contribution in [0.2, 0.25) is 0 Å². The molecule has 1 fully saturated rings. The van der Waals surface area contributed by atoms with E-state index in [-0.39, 0.29) is 0 Å². The number of pyridine rings is 1.